The fourth-order valence-electron chi connectivity index (χ4n) is 1.03. The van der Waals surface area contributed by atoms with Gasteiger partial charge in [0.15, 0.2) is 0 Å². The SMILES string of the molecule is Cc1nc(Cn2nnnc2C)cs1. The molecule has 0 spiro atoms. The van der Waals surface area contributed by atoms with E-state index in [-0.39, 0.29) is 0 Å². The molecule has 0 saturated carbocycles. The molecule has 5 nitrogen and oxygen atoms in total. The fourth-order valence-corrected chi connectivity index (χ4v) is 1.63. The van der Waals surface area contributed by atoms with Gasteiger partial charge in [-0.15, -0.1) is 16.4 Å². The summed E-state index contributed by atoms with van der Waals surface area (Å²) in [5, 5.41) is 14.3. The highest BCUT2D eigenvalue weighted by molar-refractivity contribution is 7.09. The highest BCUT2D eigenvalue weighted by Gasteiger charge is 2.03. The van der Waals surface area contributed by atoms with Gasteiger partial charge in [-0.05, 0) is 24.3 Å². The van der Waals surface area contributed by atoms with Crippen LogP contribution in [0.25, 0.3) is 0 Å². The Bertz CT molecular complexity index is 404. The number of hydrogen-bond acceptors (Lipinski definition) is 5. The lowest BCUT2D eigenvalue weighted by Crippen LogP contribution is -2.04. The maximum Gasteiger partial charge on any atom is 0.148 e. The molecule has 13 heavy (non-hydrogen) atoms. The largest absolute Gasteiger partial charge is 0.245 e. The van der Waals surface area contributed by atoms with Crippen molar-refractivity contribution in [3.05, 3.63) is 21.9 Å². The predicted molar refractivity (Wildman–Crippen MR) is 48.5 cm³/mol. The van der Waals surface area contributed by atoms with E-state index >= 15 is 0 Å². The average Bonchev–Trinajstić information content (AvgIpc) is 2.64. The topological polar surface area (TPSA) is 56.5 Å². The van der Waals surface area contributed by atoms with E-state index in [1.807, 2.05) is 19.2 Å². The summed E-state index contributed by atoms with van der Waals surface area (Å²) >= 11 is 1.64. The molecular weight excluding hydrogens is 186 g/mol. The van der Waals surface area contributed by atoms with Crippen LogP contribution in [0.5, 0.6) is 0 Å². The third-order valence-electron chi connectivity index (χ3n) is 1.69. The first-order valence-corrected chi connectivity index (χ1v) is 4.77. The first-order valence-electron chi connectivity index (χ1n) is 3.89. The van der Waals surface area contributed by atoms with Gasteiger partial charge < -0.3 is 0 Å². The van der Waals surface area contributed by atoms with Crippen molar-refractivity contribution in [2.24, 2.45) is 0 Å². The molecule has 0 aromatic carbocycles. The molecule has 0 N–H and O–H groups in total. The van der Waals surface area contributed by atoms with Gasteiger partial charge in [0.2, 0.25) is 0 Å². The summed E-state index contributed by atoms with van der Waals surface area (Å²) < 4.78 is 1.73. The summed E-state index contributed by atoms with van der Waals surface area (Å²) in [5.74, 6) is 0.811. The number of thiazole rings is 1. The normalized spacial score (nSPS) is 10.6. The van der Waals surface area contributed by atoms with Gasteiger partial charge in [-0.2, -0.15) is 0 Å². The molecule has 0 fully saturated rings. The molecule has 6 heteroatoms. The van der Waals surface area contributed by atoms with Gasteiger partial charge in [-0.25, -0.2) is 9.67 Å². The van der Waals surface area contributed by atoms with Gasteiger partial charge in [0, 0.05) is 5.38 Å². The number of aromatic nitrogens is 5. The van der Waals surface area contributed by atoms with Gasteiger partial charge in [0.25, 0.3) is 0 Å². The lowest BCUT2D eigenvalue weighted by Gasteiger charge is -1.96. The first kappa shape index (κ1) is 8.31. The molecule has 0 aliphatic rings. The molecule has 0 unspecified atom stereocenters. The van der Waals surface area contributed by atoms with Crippen molar-refractivity contribution in [1.82, 2.24) is 25.2 Å². The van der Waals surface area contributed by atoms with Crippen LogP contribution < -0.4 is 0 Å². The second-order valence-corrected chi connectivity index (χ2v) is 3.80. The van der Waals surface area contributed by atoms with E-state index in [4.69, 9.17) is 0 Å². The lowest BCUT2D eigenvalue weighted by molar-refractivity contribution is 0.624. The monoisotopic (exact) mass is 195 g/mol. The summed E-state index contributed by atoms with van der Waals surface area (Å²) in [6.45, 7) is 4.52. The van der Waals surface area contributed by atoms with Crippen molar-refractivity contribution in [1.29, 1.82) is 0 Å². The van der Waals surface area contributed by atoms with Crippen LogP contribution in [0, 0.1) is 13.8 Å². The molecule has 2 rings (SSSR count). The molecule has 0 aliphatic heterocycles. The van der Waals surface area contributed by atoms with Crippen molar-refractivity contribution in [3.63, 3.8) is 0 Å². The minimum atomic E-state index is 0.656. The zero-order valence-electron chi connectivity index (χ0n) is 7.43. The van der Waals surface area contributed by atoms with Gasteiger partial charge in [-0.3, -0.25) is 0 Å². The summed E-state index contributed by atoms with van der Waals surface area (Å²) in [5.41, 5.74) is 1.01. The van der Waals surface area contributed by atoms with Crippen LogP contribution in [0.1, 0.15) is 16.5 Å². The molecular formula is C7H9N5S. The number of rotatable bonds is 2. The Morgan fingerprint density at radius 3 is 2.85 bits per heavy atom. The second kappa shape index (κ2) is 3.21. The minimum Gasteiger partial charge on any atom is -0.245 e. The minimum absolute atomic E-state index is 0.656. The van der Waals surface area contributed by atoms with Gasteiger partial charge >= 0.3 is 0 Å². The zero-order chi connectivity index (χ0) is 9.26. The van der Waals surface area contributed by atoms with E-state index in [9.17, 15) is 0 Å². The Morgan fingerprint density at radius 2 is 2.31 bits per heavy atom. The standard InChI is InChI=1S/C7H9N5S/c1-5-9-10-11-12(5)3-7-4-13-6(2)8-7/h4H,3H2,1-2H3. The quantitative estimate of drug-likeness (QED) is 0.711. The molecule has 0 saturated heterocycles. The predicted octanol–water partition coefficient (Wildman–Crippen LogP) is 0.795. The number of aryl methyl sites for hydroxylation is 2. The van der Waals surface area contributed by atoms with E-state index in [1.54, 1.807) is 16.0 Å². The van der Waals surface area contributed by atoms with Crippen molar-refractivity contribution in [2.75, 3.05) is 0 Å². The Kier molecular flexibility index (Phi) is 2.05. The zero-order valence-corrected chi connectivity index (χ0v) is 8.25. The number of nitrogens with zero attached hydrogens (tertiary/aromatic N) is 5. The second-order valence-electron chi connectivity index (χ2n) is 2.74. The molecule has 68 valence electrons. The maximum absolute atomic E-state index is 4.33. The van der Waals surface area contributed by atoms with Gasteiger partial charge in [0.05, 0.1) is 17.2 Å². The van der Waals surface area contributed by atoms with Crippen LogP contribution in [0.2, 0.25) is 0 Å². The summed E-state index contributed by atoms with van der Waals surface area (Å²) in [4.78, 5) is 4.33. The van der Waals surface area contributed by atoms with E-state index in [0.717, 1.165) is 16.5 Å². The average molecular weight is 195 g/mol. The van der Waals surface area contributed by atoms with Gasteiger partial charge in [-0.1, -0.05) is 0 Å². The molecule has 0 radical (unpaired) electrons. The molecule has 0 bridgehead atoms. The first-order chi connectivity index (χ1) is 6.25. The lowest BCUT2D eigenvalue weighted by atomic mass is 10.5. The molecule has 0 atom stereocenters. The van der Waals surface area contributed by atoms with E-state index < -0.39 is 0 Å². The van der Waals surface area contributed by atoms with Crippen LogP contribution in [0.4, 0.5) is 0 Å². The number of hydrogen-bond donors (Lipinski definition) is 0. The molecule has 2 aromatic rings. The fraction of sp³-hybridized carbons (Fsp3) is 0.429. The van der Waals surface area contributed by atoms with Crippen molar-refractivity contribution in [2.45, 2.75) is 20.4 Å². The number of tetrazole rings is 1. The highest BCUT2D eigenvalue weighted by atomic mass is 32.1. The molecule has 2 heterocycles. The Morgan fingerprint density at radius 1 is 1.46 bits per heavy atom. The summed E-state index contributed by atoms with van der Waals surface area (Å²) in [6, 6.07) is 0. The molecule has 0 aliphatic carbocycles. The summed E-state index contributed by atoms with van der Waals surface area (Å²) in [6.07, 6.45) is 0. The van der Waals surface area contributed by atoms with Gasteiger partial charge in [0.1, 0.15) is 5.82 Å². The van der Waals surface area contributed by atoms with Crippen molar-refractivity contribution in [3.8, 4) is 0 Å². The third-order valence-corrected chi connectivity index (χ3v) is 2.51. The molecule has 0 amide bonds. The maximum atomic E-state index is 4.33. The van der Waals surface area contributed by atoms with Crippen LogP contribution >= 0.6 is 11.3 Å². The third kappa shape index (κ3) is 1.72. The highest BCUT2D eigenvalue weighted by Crippen LogP contribution is 2.08. The Hall–Kier alpha value is -1.30. The van der Waals surface area contributed by atoms with E-state index in [2.05, 4.69) is 20.5 Å². The van der Waals surface area contributed by atoms with Crippen LogP contribution in [-0.2, 0) is 6.54 Å². The smallest absolute Gasteiger partial charge is 0.148 e. The van der Waals surface area contributed by atoms with Crippen LogP contribution in [0.15, 0.2) is 5.38 Å². The molecule has 2 aromatic heterocycles. The van der Waals surface area contributed by atoms with Crippen LogP contribution in [-0.4, -0.2) is 25.2 Å². The summed E-state index contributed by atoms with van der Waals surface area (Å²) in [7, 11) is 0. The van der Waals surface area contributed by atoms with E-state index in [1.165, 1.54) is 0 Å². The van der Waals surface area contributed by atoms with Crippen molar-refractivity contribution >= 4 is 11.3 Å². The van der Waals surface area contributed by atoms with Crippen molar-refractivity contribution < 1.29 is 0 Å². The Labute approximate surface area is 79.4 Å². The Balaban J connectivity index is 2.19. The van der Waals surface area contributed by atoms with E-state index in [0.29, 0.717) is 6.54 Å². The van der Waals surface area contributed by atoms with Crippen LogP contribution in [0.3, 0.4) is 0 Å².